The first kappa shape index (κ1) is 31.1. The van der Waals surface area contributed by atoms with Crippen molar-refractivity contribution in [1.29, 1.82) is 0 Å². The van der Waals surface area contributed by atoms with Gasteiger partial charge < -0.3 is 25.8 Å². The Kier molecular flexibility index (Phi) is 10.3. The van der Waals surface area contributed by atoms with Crippen LogP contribution in [0.3, 0.4) is 0 Å². The van der Waals surface area contributed by atoms with E-state index in [4.69, 9.17) is 0 Å². The number of carbonyl (C=O) groups excluding carboxylic acids is 5. The fraction of sp³-hybridized carbons (Fsp3) is 0.533. The zero-order valence-corrected chi connectivity index (χ0v) is 25.1. The fourth-order valence-electron chi connectivity index (χ4n) is 6.21. The Morgan fingerprint density at radius 1 is 1.14 bits per heavy atom. The Balaban J connectivity index is 1.43. The summed E-state index contributed by atoms with van der Waals surface area (Å²) in [5.41, 5.74) is 0.242. The molecule has 2 saturated carbocycles. The van der Waals surface area contributed by atoms with Gasteiger partial charge in [0.1, 0.15) is 18.3 Å². The second kappa shape index (κ2) is 13.9. The van der Waals surface area contributed by atoms with Crippen LogP contribution in [-0.2, 0) is 25.7 Å². The van der Waals surface area contributed by atoms with Crippen molar-refractivity contribution in [2.24, 2.45) is 17.8 Å². The van der Waals surface area contributed by atoms with Gasteiger partial charge in [-0.3, -0.25) is 28.8 Å². The molecule has 2 bridgehead atoms. The molecule has 2 heterocycles. The topological polar surface area (TPSA) is 155 Å². The van der Waals surface area contributed by atoms with E-state index in [1.165, 1.54) is 48.1 Å². The summed E-state index contributed by atoms with van der Waals surface area (Å²) in [6.45, 7) is 3.82. The highest BCUT2D eigenvalue weighted by molar-refractivity contribution is 7.12. The highest BCUT2D eigenvalue weighted by Gasteiger charge is 2.38. The van der Waals surface area contributed by atoms with Gasteiger partial charge in [0.15, 0.2) is 0 Å². The highest BCUT2D eigenvalue weighted by Crippen LogP contribution is 2.42. The van der Waals surface area contributed by atoms with E-state index < -0.39 is 35.1 Å². The number of hydrogen-bond donors (Lipinski definition) is 4. The van der Waals surface area contributed by atoms with Crippen LogP contribution in [-0.4, -0.2) is 53.1 Å². The van der Waals surface area contributed by atoms with Crippen LogP contribution in [0.15, 0.2) is 34.6 Å². The lowest BCUT2D eigenvalue weighted by Crippen LogP contribution is -2.50. The van der Waals surface area contributed by atoms with Crippen LogP contribution in [0.5, 0.6) is 0 Å². The molecule has 0 radical (unpaired) electrons. The average molecular weight is 598 g/mol. The van der Waals surface area contributed by atoms with Gasteiger partial charge in [0, 0.05) is 25.7 Å². The van der Waals surface area contributed by atoms with Crippen molar-refractivity contribution in [3.63, 3.8) is 0 Å². The molecule has 5 atom stereocenters. The first-order valence-corrected chi connectivity index (χ1v) is 15.3. The van der Waals surface area contributed by atoms with Gasteiger partial charge in [-0.2, -0.15) is 0 Å². The minimum absolute atomic E-state index is 0.0692. The number of amides is 4. The van der Waals surface area contributed by atoms with Gasteiger partial charge in [0.25, 0.3) is 17.4 Å². The van der Waals surface area contributed by atoms with E-state index in [2.05, 4.69) is 28.2 Å². The molecule has 5 unspecified atom stereocenters. The van der Waals surface area contributed by atoms with E-state index in [0.717, 1.165) is 30.7 Å². The lowest BCUT2D eigenvalue weighted by Gasteiger charge is -2.44. The zero-order chi connectivity index (χ0) is 30.4. The van der Waals surface area contributed by atoms with Crippen molar-refractivity contribution >= 4 is 46.4 Å². The number of nitrogens with one attached hydrogen (secondary N) is 4. The minimum atomic E-state index is -1.20. The maximum Gasteiger partial charge on any atom is 0.287 e. The number of likely N-dealkylation sites (N-methyl/N-ethyl adjacent to an activating group) is 1. The quantitative estimate of drug-likeness (QED) is 0.292. The Labute approximate surface area is 248 Å². The van der Waals surface area contributed by atoms with E-state index in [1.54, 1.807) is 17.5 Å². The Hall–Kier alpha value is -3.80. The molecule has 0 aliphatic heterocycles. The monoisotopic (exact) mass is 597 g/mol. The van der Waals surface area contributed by atoms with E-state index in [0.29, 0.717) is 16.7 Å². The van der Waals surface area contributed by atoms with Gasteiger partial charge in [0.2, 0.25) is 17.6 Å². The molecule has 0 saturated heterocycles. The normalized spacial score (nSPS) is 22.0. The largest absolute Gasteiger partial charge is 0.353 e. The summed E-state index contributed by atoms with van der Waals surface area (Å²) in [6, 6.07) is 3.53. The van der Waals surface area contributed by atoms with Crippen molar-refractivity contribution in [1.82, 2.24) is 20.5 Å². The number of rotatable bonds is 11. The molecule has 4 rings (SSSR count). The maximum absolute atomic E-state index is 13.3. The number of fused-ring (bicyclic) bond motifs is 2. The first-order chi connectivity index (χ1) is 20.0. The Bertz CT molecular complexity index is 1400. The molecule has 12 heteroatoms. The van der Waals surface area contributed by atoms with Gasteiger partial charge in [-0.1, -0.05) is 19.8 Å². The predicted molar refractivity (Wildman–Crippen MR) is 159 cm³/mol. The molecular weight excluding hydrogens is 558 g/mol. The number of hydrogen-bond acceptors (Lipinski definition) is 7. The molecule has 2 fully saturated rings. The summed E-state index contributed by atoms with van der Waals surface area (Å²) in [5, 5.41) is 12.4. The van der Waals surface area contributed by atoms with Gasteiger partial charge in [-0.15, -0.1) is 11.3 Å². The van der Waals surface area contributed by atoms with E-state index in [-0.39, 0.29) is 37.0 Å². The Morgan fingerprint density at radius 2 is 1.93 bits per heavy atom. The molecular formula is C30H39N5O6S. The number of aryl methyl sites for hydroxylation is 1. The third kappa shape index (κ3) is 7.72. The van der Waals surface area contributed by atoms with Crippen molar-refractivity contribution in [2.75, 3.05) is 12.4 Å². The summed E-state index contributed by atoms with van der Waals surface area (Å²) in [5.74, 6) is -1.46. The first-order valence-electron chi connectivity index (χ1n) is 14.5. The highest BCUT2D eigenvalue weighted by atomic mass is 32.1. The third-order valence-corrected chi connectivity index (χ3v) is 9.33. The van der Waals surface area contributed by atoms with Crippen LogP contribution in [0.25, 0.3) is 0 Å². The van der Waals surface area contributed by atoms with Crippen LogP contribution in [0.4, 0.5) is 5.69 Å². The number of ketones is 1. The molecule has 2 aliphatic carbocycles. The van der Waals surface area contributed by atoms with E-state index in [9.17, 15) is 28.8 Å². The third-order valence-electron chi connectivity index (χ3n) is 8.29. The van der Waals surface area contributed by atoms with E-state index in [1.807, 2.05) is 6.92 Å². The number of nitrogens with zero attached hydrogens (tertiary/aromatic N) is 1. The number of Topliss-reactive ketones (excluding diaryl/α,β-unsaturated/α-hetero) is 1. The summed E-state index contributed by atoms with van der Waals surface area (Å²) >= 11 is 1.21. The molecule has 4 N–H and O–H groups in total. The van der Waals surface area contributed by atoms with Crippen molar-refractivity contribution < 1.29 is 24.0 Å². The van der Waals surface area contributed by atoms with Crippen LogP contribution < -0.4 is 26.8 Å². The summed E-state index contributed by atoms with van der Waals surface area (Å²) in [7, 11) is 1.33. The standard InChI is InChI=1S/C30H39N5O6S/c1-17-12-24(42-16-17)29(40)32-21(9-10-23(36)28(39)31-3)27(38)33-22-8-5-11-35(30(22)41)15-25(37)34-26-18(2)13-19-6-4-7-20(26)14-19/h5,8,11-12,16,18-21,26H,4,6-7,9-10,13-15H2,1-3H3,(H,31,39)(H,32,40)(H,33,38)(H,34,37). The van der Waals surface area contributed by atoms with Crippen LogP contribution in [0.1, 0.15) is 67.1 Å². The summed E-state index contributed by atoms with van der Waals surface area (Å²) in [4.78, 5) is 76.4. The van der Waals surface area contributed by atoms with Gasteiger partial charge >= 0.3 is 0 Å². The Morgan fingerprint density at radius 3 is 2.64 bits per heavy atom. The van der Waals surface area contributed by atoms with Gasteiger partial charge in [-0.05, 0) is 79.5 Å². The molecule has 0 aromatic carbocycles. The van der Waals surface area contributed by atoms with Crippen molar-refractivity contribution in [2.45, 2.75) is 77.4 Å². The van der Waals surface area contributed by atoms with Crippen LogP contribution in [0, 0.1) is 24.7 Å². The second-order valence-electron chi connectivity index (χ2n) is 11.5. The van der Waals surface area contributed by atoms with Gasteiger partial charge in [0.05, 0.1) is 4.88 Å². The van der Waals surface area contributed by atoms with Crippen LogP contribution in [0.2, 0.25) is 0 Å². The van der Waals surface area contributed by atoms with Gasteiger partial charge in [-0.25, -0.2) is 0 Å². The zero-order valence-electron chi connectivity index (χ0n) is 24.2. The second-order valence-corrected chi connectivity index (χ2v) is 12.4. The molecule has 11 nitrogen and oxygen atoms in total. The number of aromatic nitrogens is 1. The number of carbonyl (C=O) groups is 5. The van der Waals surface area contributed by atoms with E-state index >= 15 is 0 Å². The molecule has 2 aromatic heterocycles. The maximum atomic E-state index is 13.3. The lowest BCUT2D eigenvalue weighted by molar-refractivity contribution is -0.137. The van der Waals surface area contributed by atoms with Crippen molar-refractivity contribution in [3.8, 4) is 0 Å². The lowest BCUT2D eigenvalue weighted by atomic mass is 9.65. The predicted octanol–water partition coefficient (Wildman–Crippen LogP) is 2.38. The molecule has 4 amide bonds. The number of thiophene rings is 1. The molecule has 42 heavy (non-hydrogen) atoms. The molecule has 0 spiro atoms. The number of anilines is 1. The molecule has 2 aliphatic rings. The van der Waals surface area contributed by atoms with Crippen LogP contribution >= 0.6 is 11.3 Å². The smallest absolute Gasteiger partial charge is 0.287 e. The summed E-state index contributed by atoms with van der Waals surface area (Å²) in [6.07, 6.45) is 6.82. The number of pyridine rings is 1. The minimum Gasteiger partial charge on any atom is -0.353 e. The SMILES string of the molecule is CNC(=O)C(=O)CCC(NC(=O)c1cc(C)cs1)C(=O)Nc1cccn(CC(=O)NC2C(C)CC3CCCC2C3)c1=O. The fourth-order valence-corrected chi connectivity index (χ4v) is 7.01. The molecule has 226 valence electrons. The summed E-state index contributed by atoms with van der Waals surface area (Å²) < 4.78 is 1.24. The average Bonchev–Trinajstić information content (AvgIpc) is 3.41. The molecule has 2 aromatic rings. The van der Waals surface area contributed by atoms with Crippen molar-refractivity contribution in [3.05, 3.63) is 50.6 Å².